The van der Waals surface area contributed by atoms with Crippen LogP contribution in [0.2, 0.25) is 0 Å². The summed E-state index contributed by atoms with van der Waals surface area (Å²) in [6.45, 7) is 0.147. The Morgan fingerprint density at radius 3 is 2.45 bits per heavy atom. The summed E-state index contributed by atoms with van der Waals surface area (Å²) in [7, 11) is 0. The highest BCUT2D eigenvalue weighted by Gasteiger charge is 2.36. The molecule has 4 rings (SSSR count). The molecule has 29 heavy (non-hydrogen) atoms. The van der Waals surface area contributed by atoms with Gasteiger partial charge in [-0.1, -0.05) is 24.3 Å². The molecule has 1 aliphatic rings. The zero-order valence-corrected chi connectivity index (χ0v) is 15.0. The first-order valence-corrected chi connectivity index (χ1v) is 8.81. The first-order chi connectivity index (χ1) is 14.0. The maximum absolute atomic E-state index is 14.0. The Balaban J connectivity index is 1.66. The lowest BCUT2D eigenvalue weighted by molar-refractivity contribution is -0.121. The summed E-state index contributed by atoms with van der Waals surface area (Å²) in [5, 5.41) is 2.26. The van der Waals surface area contributed by atoms with Gasteiger partial charge in [-0.2, -0.15) is 0 Å². The number of amides is 2. The van der Waals surface area contributed by atoms with Gasteiger partial charge in [0.2, 0.25) is 5.91 Å². The maximum atomic E-state index is 14.0. The second-order valence-corrected chi connectivity index (χ2v) is 6.61. The van der Waals surface area contributed by atoms with Crippen molar-refractivity contribution in [3.05, 3.63) is 89.1 Å². The summed E-state index contributed by atoms with van der Waals surface area (Å²) >= 11 is 0. The molecular formula is C21H15F3N2O3. The third kappa shape index (κ3) is 3.49. The van der Waals surface area contributed by atoms with Crippen LogP contribution in [0.1, 0.15) is 21.7 Å². The zero-order valence-electron chi connectivity index (χ0n) is 15.0. The number of nitrogens with one attached hydrogen (secondary N) is 1. The summed E-state index contributed by atoms with van der Waals surface area (Å²) < 4.78 is 45.8. The monoisotopic (exact) mass is 400 g/mol. The molecule has 3 aromatic rings. The van der Waals surface area contributed by atoms with Crippen LogP contribution in [0.15, 0.2) is 59.2 Å². The lowest BCUT2D eigenvalue weighted by atomic mass is 9.93. The number of hydrogen-bond donors (Lipinski definition) is 1. The number of carbonyl (C=O) groups is 2. The van der Waals surface area contributed by atoms with Crippen molar-refractivity contribution in [1.29, 1.82) is 0 Å². The fourth-order valence-electron chi connectivity index (χ4n) is 3.35. The zero-order chi connectivity index (χ0) is 20.5. The molecule has 2 aromatic carbocycles. The SMILES string of the molecule is O=C(Nc1ccc(F)c(F)c1F)[C@H]1Cc2ccccc2CN1C(=O)c1ccco1. The number of fused-ring (bicyclic) bond motifs is 1. The lowest BCUT2D eigenvalue weighted by Gasteiger charge is -2.35. The number of benzene rings is 2. The van der Waals surface area contributed by atoms with Gasteiger partial charge in [-0.15, -0.1) is 0 Å². The standard InChI is InChI=1S/C21H15F3N2O3/c22-14-7-8-15(19(24)18(14)23)25-20(27)16-10-12-4-1-2-5-13(12)11-26(16)21(28)17-6-3-9-29-17/h1-9,16H,10-11H2,(H,25,27)/t16-/m1/s1. The van der Waals surface area contributed by atoms with Crippen LogP contribution in [0.4, 0.5) is 18.9 Å². The molecule has 1 N–H and O–H groups in total. The van der Waals surface area contributed by atoms with Gasteiger partial charge in [0.25, 0.3) is 5.91 Å². The van der Waals surface area contributed by atoms with E-state index < -0.39 is 41.0 Å². The van der Waals surface area contributed by atoms with Crippen LogP contribution < -0.4 is 5.32 Å². The van der Waals surface area contributed by atoms with E-state index in [9.17, 15) is 22.8 Å². The molecular weight excluding hydrogens is 385 g/mol. The summed E-state index contributed by atoms with van der Waals surface area (Å²) in [5.41, 5.74) is 1.23. The van der Waals surface area contributed by atoms with Gasteiger partial charge in [0, 0.05) is 13.0 Å². The quantitative estimate of drug-likeness (QED) is 0.679. The van der Waals surface area contributed by atoms with E-state index in [2.05, 4.69) is 5.32 Å². The minimum absolute atomic E-state index is 0.0567. The van der Waals surface area contributed by atoms with Crippen molar-refractivity contribution in [2.75, 3.05) is 5.32 Å². The molecule has 1 aromatic heterocycles. The van der Waals surface area contributed by atoms with Crippen LogP contribution in [0.25, 0.3) is 0 Å². The van der Waals surface area contributed by atoms with Crippen molar-refractivity contribution in [2.45, 2.75) is 19.0 Å². The van der Waals surface area contributed by atoms with Gasteiger partial charge < -0.3 is 14.6 Å². The van der Waals surface area contributed by atoms with E-state index in [0.29, 0.717) is 0 Å². The molecule has 0 radical (unpaired) electrons. The van der Waals surface area contributed by atoms with Crippen LogP contribution in [-0.2, 0) is 17.8 Å². The lowest BCUT2D eigenvalue weighted by Crippen LogP contribution is -2.50. The topological polar surface area (TPSA) is 62.6 Å². The highest BCUT2D eigenvalue weighted by Crippen LogP contribution is 2.27. The molecule has 0 saturated heterocycles. The molecule has 2 amide bonds. The van der Waals surface area contributed by atoms with E-state index in [1.165, 1.54) is 17.2 Å². The number of hydrogen-bond acceptors (Lipinski definition) is 3. The van der Waals surface area contributed by atoms with E-state index in [1.54, 1.807) is 6.07 Å². The van der Waals surface area contributed by atoms with Crippen LogP contribution in [0.3, 0.4) is 0 Å². The van der Waals surface area contributed by atoms with Crippen LogP contribution in [-0.4, -0.2) is 22.8 Å². The van der Waals surface area contributed by atoms with Gasteiger partial charge in [0.1, 0.15) is 6.04 Å². The second kappa shape index (κ2) is 7.46. The number of halogens is 3. The highest BCUT2D eigenvalue weighted by atomic mass is 19.2. The van der Waals surface area contributed by atoms with E-state index >= 15 is 0 Å². The first kappa shape index (κ1) is 18.8. The molecule has 0 unspecified atom stereocenters. The third-order valence-electron chi connectivity index (χ3n) is 4.84. The van der Waals surface area contributed by atoms with Crippen LogP contribution >= 0.6 is 0 Å². The Kier molecular flexibility index (Phi) is 4.84. The van der Waals surface area contributed by atoms with Crippen molar-refractivity contribution in [3.8, 4) is 0 Å². The minimum Gasteiger partial charge on any atom is -0.459 e. The Bertz CT molecular complexity index is 1080. The molecule has 0 spiro atoms. The molecule has 8 heteroatoms. The number of furan rings is 1. The average molecular weight is 400 g/mol. The second-order valence-electron chi connectivity index (χ2n) is 6.61. The van der Waals surface area contributed by atoms with Crippen LogP contribution in [0, 0.1) is 17.5 Å². The van der Waals surface area contributed by atoms with Crippen molar-refractivity contribution < 1.29 is 27.2 Å². The van der Waals surface area contributed by atoms with Gasteiger partial charge in [-0.25, -0.2) is 13.2 Å². The number of nitrogens with zero attached hydrogens (tertiary/aromatic N) is 1. The molecule has 0 aliphatic carbocycles. The molecule has 0 bridgehead atoms. The maximum Gasteiger partial charge on any atom is 0.290 e. The molecule has 0 saturated carbocycles. The van der Waals surface area contributed by atoms with Gasteiger partial charge >= 0.3 is 0 Å². The number of rotatable bonds is 3. The van der Waals surface area contributed by atoms with E-state index in [1.807, 2.05) is 24.3 Å². The van der Waals surface area contributed by atoms with Gasteiger partial charge in [0.15, 0.2) is 23.2 Å². The summed E-state index contributed by atoms with van der Waals surface area (Å²) in [6, 6.07) is 11.0. The van der Waals surface area contributed by atoms with Crippen molar-refractivity contribution in [2.24, 2.45) is 0 Å². The Morgan fingerprint density at radius 1 is 0.966 bits per heavy atom. The first-order valence-electron chi connectivity index (χ1n) is 8.81. The highest BCUT2D eigenvalue weighted by molar-refractivity contribution is 6.00. The van der Waals surface area contributed by atoms with Crippen molar-refractivity contribution >= 4 is 17.5 Å². The predicted molar refractivity (Wildman–Crippen MR) is 97.5 cm³/mol. The molecule has 5 nitrogen and oxygen atoms in total. The fourth-order valence-corrected chi connectivity index (χ4v) is 3.35. The molecule has 1 atom stereocenters. The summed E-state index contributed by atoms with van der Waals surface area (Å²) in [4.78, 5) is 27.1. The average Bonchev–Trinajstić information content (AvgIpc) is 3.27. The van der Waals surface area contributed by atoms with E-state index in [-0.39, 0.29) is 18.7 Å². The smallest absolute Gasteiger partial charge is 0.290 e. The van der Waals surface area contributed by atoms with Crippen molar-refractivity contribution in [3.63, 3.8) is 0 Å². The van der Waals surface area contributed by atoms with Gasteiger partial charge in [0.05, 0.1) is 12.0 Å². The minimum atomic E-state index is -1.68. The van der Waals surface area contributed by atoms with Gasteiger partial charge in [-0.3, -0.25) is 9.59 Å². The molecule has 1 aliphatic heterocycles. The predicted octanol–water partition coefficient (Wildman–Crippen LogP) is 3.90. The molecule has 0 fully saturated rings. The Labute approximate surface area is 163 Å². The summed E-state index contributed by atoms with van der Waals surface area (Å²) in [6.07, 6.45) is 1.52. The fraction of sp³-hybridized carbons (Fsp3) is 0.143. The van der Waals surface area contributed by atoms with Gasteiger partial charge in [-0.05, 0) is 35.4 Å². The van der Waals surface area contributed by atoms with Crippen molar-refractivity contribution in [1.82, 2.24) is 4.90 Å². The number of anilines is 1. The normalized spacial score (nSPS) is 15.7. The Morgan fingerprint density at radius 2 is 1.72 bits per heavy atom. The summed E-state index contributed by atoms with van der Waals surface area (Å²) in [5.74, 6) is -5.71. The molecule has 148 valence electrons. The third-order valence-corrected chi connectivity index (χ3v) is 4.84. The van der Waals surface area contributed by atoms with E-state index in [0.717, 1.165) is 23.3 Å². The molecule has 2 heterocycles. The van der Waals surface area contributed by atoms with Crippen LogP contribution in [0.5, 0.6) is 0 Å². The largest absolute Gasteiger partial charge is 0.459 e. The Hall–Kier alpha value is -3.55. The number of carbonyl (C=O) groups excluding carboxylic acids is 2. The van der Waals surface area contributed by atoms with E-state index in [4.69, 9.17) is 4.42 Å².